The molecule has 2 bridgehead atoms. The van der Waals surface area contributed by atoms with Gasteiger partial charge in [-0.25, -0.2) is 4.98 Å². The fourth-order valence-corrected chi connectivity index (χ4v) is 6.58. The predicted molar refractivity (Wildman–Crippen MR) is 120 cm³/mol. The van der Waals surface area contributed by atoms with Crippen LogP contribution in [-0.4, -0.2) is 59.0 Å². The van der Waals surface area contributed by atoms with Gasteiger partial charge in [-0.05, 0) is 64.2 Å². The molecule has 0 aliphatic carbocycles. The fraction of sp³-hybridized carbons (Fsp3) is 0.792. The summed E-state index contributed by atoms with van der Waals surface area (Å²) >= 11 is 0. The smallest absolute Gasteiger partial charge is 0.227 e. The Morgan fingerprint density at radius 3 is 2.53 bits per heavy atom. The standard InChI is InChI=1S/C24H37N5O/c1-4-8-20-18-13-19(21-9-7-10-22(30)29(20)21)15-28(14-18)23-16(2)17(3)25-24(26-23)27-11-5-6-12-27/h18-21H,4-15H2,1-3H3/t18-,19+,20-,21-/m0/s1. The second kappa shape index (κ2) is 8.01. The third kappa shape index (κ3) is 3.36. The number of hydrogen-bond donors (Lipinski definition) is 0. The van der Waals surface area contributed by atoms with Gasteiger partial charge >= 0.3 is 0 Å². The molecule has 30 heavy (non-hydrogen) atoms. The van der Waals surface area contributed by atoms with Gasteiger partial charge in [0.05, 0.1) is 0 Å². The molecule has 0 aromatic carbocycles. The maximum atomic E-state index is 12.9. The molecule has 4 atom stereocenters. The van der Waals surface area contributed by atoms with Gasteiger partial charge in [-0.3, -0.25) is 4.79 Å². The molecule has 4 aliphatic rings. The Bertz CT molecular complexity index is 805. The molecule has 0 radical (unpaired) electrons. The van der Waals surface area contributed by atoms with E-state index < -0.39 is 0 Å². The minimum atomic E-state index is 0.410. The molecule has 6 heteroatoms. The average Bonchev–Trinajstić information content (AvgIpc) is 3.28. The third-order valence-corrected chi connectivity index (χ3v) is 8.12. The zero-order valence-electron chi connectivity index (χ0n) is 18.9. The van der Waals surface area contributed by atoms with Gasteiger partial charge in [-0.2, -0.15) is 4.98 Å². The van der Waals surface area contributed by atoms with Gasteiger partial charge in [0.2, 0.25) is 11.9 Å². The largest absolute Gasteiger partial charge is 0.356 e. The van der Waals surface area contributed by atoms with Gasteiger partial charge in [0.15, 0.2) is 0 Å². The van der Waals surface area contributed by atoms with Crippen molar-refractivity contribution in [2.75, 3.05) is 36.0 Å². The fourth-order valence-electron chi connectivity index (χ4n) is 6.58. The normalized spacial score (nSPS) is 31.3. The Morgan fingerprint density at radius 1 is 1.00 bits per heavy atom. The number of fused-ring (bicyclic) bond motifs is 4. The topological polar surface area (TPSA) is 52.6 Å². The van der Waals surface area contributed by atoms with E-state index in [0.717, 1.165) is 69.3 Å². The lowest BCUT2D eigenvalue weighted by Gasteiger charge is -2.57. The van der Waals surface area contributed by atoms with E-state index in [9.17, 15) is 4.79 Å². The maximum absolute atomic E-state index is 12.9. The highest BCUT2D eigenvalue weighted by Gasteiger charge is 2.49. The average molecular weight is 412 g/mol. The monoisotopic (exact) mass is 411 g/mol. The number of anilines is 2. The number of amides is 1. The zero-order chi connectivity index (χ0) is 20.8. The molecule has 5 heterocycles. The summed E-state index contributed by atoms with van der Waals surface area (Å²) < 4.78 is 0. The zero-order valence-corrected chi connectivity index (χ0v) is 18.9. The molecule has 5 rings (SSSR count). The van der Waals surface area contributed by atoms with E-state index >= 15 is 0 Å². The van der Waals surface area contributed by atoms with Crippen molar-refractivity contribution in [3.05, 3.63) is 11.3 Å². The first-order valence-electron chi connectivity index (χ1n) is 12.2. The first-order chi connectivity index (χ1) is 14.6. The number of piperidine rings is 3. The van der Waals surface area contributed by atoms with E-state index in [-0.39, 0.29) is 0 Å². The number of carbonyl (C=O) groups is 1. The first-order valence-corrected chi connectivity index (χ1v) is 12.2. The van der Waals surface area contributed by atoms with Crippen LogP contribution in [0.2, 0.25) is 0 Å². The van der Waals surface area contributed by atoms with E-state index in [2.05, 4.69) is 35.5 Å². The number of aromatic nitrogens is 2. The number of carbonyl (C=O) groups excluding carboxylic acids is 1. The van der Waals surface area contributed by atoms with Gasteiger partial charge < -0.3 is 14.7 Å². The summed E-state index contributed by atoms with van der Waals surface area (Å²) in [7, 11) is 0. The lowest BCUT2D eigenvalue weighted by molar-refractivity contribution is -0.149. The van der Waals surface area contributed by atoms with Crippen LogP contribution in [0, 0.1) is 25.7 Å². The van der Waals surface area contributed by atoms with Crippen molar-refractivity contribution in [2.45, 2.75) is 84.2 Å². The highest BCUT2D eigenvalue weighted by atomic mass is 16.2. The van der Waals surface area contributed by atoms with Crippen molar-refractivity contribution in [3.63, 3.8) is 0 Å². The van der Waals surface area contributed by atoms with Gasteiger partial charge in [-0.1, -0.05) is 13.3 Å². The van der Waals surface area contributed by atoms with Gasteiger partial charge in [-0.15, -0.1) is 0 Å². The van der Waals surface area contributed by atoms with Crippen LogP contribution >= 0.6 is 0 Å². The minimum absolute atomic E-state index is 0.410. The summed E-state index contributed by atoms with van der Waals surface area (Å²) in [5.41, 5.74) is 2.33. The molecule has 1 aromatic rings. The summed E-state index contributed by atoms with van der Waals surface area (Å²) in [4.78, 5) is 30.1. The molecule has 4 aliphatic heterocycles. The van der Waals surface area contributed by atoms with Crippen LogP contribution in [-0.2, 0) is 4.79 Å². The van der Waals surface area contributed by atoms with Crippen molar-refractivity contribution in [1.29, 1.82) is 0 Å². The van der Waals surface area contributed by atoms with Crippen LogP contribution in [0.25, 0.3) is 0 Å². The van der Waals surface area contributed by atoms with Crippen molar-refractivity contribution >= 4 is 17.7 Å². The Balaban J connectivity index is 1.47. The second-order valence-corrected chi connectivity index (χ2v) is 10.0. The van der Waals surface area contributed by atoms with Crippen molar-refractivity contribution < 1.29 is 4.79 Å². The number of nitrogens with zero attached hydrogens (tertiary/aromatic N) is 5. The van der Waals surface area contributed by atoms with Crippen LogP contribution in [0.15, 0.2) is 0 Å². The lowest BCUT2D eigenvalue weighted by atomic mass is 9.71. The lowest BCUT2D eigenvalue weighted by Crippen LogP contribution is -2.65. The van der Waals surface area contributed by atoms with Gasteiger partial charge in [0.1, 0.15) is 5.82 Å². The molecule has 0 N–H and O–H groups in total. The molecular formula is C24H37N5O. The maximum Gasteiger partial charge on any atom is 0.227 e. The SMILES string of the molecule is CCC[C@H]1[C@H]2C[C@H](CN(c3nc(N4CCCC4)nc(C)c3C)C2)[C@@H]2CCCC(=O)N21. The molecule has 164 valence electrons. The first kappa shape index (κ1) is 20.1. The Morgan fingerprint density at radius 2 is 1.77 bits per heavy atom. The van der Waals surface area contributed by atoms with Crippen LogP contribution in [0.5, 0.6) is 0 Å². The molecule has 0 unspecified atom stereocenters. The van der Waals surface area contributed by atoms with Gasteiger partial charge in [0.25, 0.3) is 0 Å². The van der Waals surface area contributed by atoms with Crippen LogP contribution in [0.4, 0.5) is 11.8 Å². The number of aryl methyl sites for hydroxylation is 1. The molecular weight excluding hydrogens is 374 g/mol. The second-order valence-electron chi connectivity index (χ2n) is 10.0. The van der Waals surface area contributed by atoms with E-state index in [1.54, 1.807) is 0 Å². The third-order valence-electron chi connectivity index (χ3n) is 8.12. The summed E-state index contributed by atoms with van der Waals surface area (Å²) in [5, 5.41) is 0. The van der Waals surface area contributed by atoms with E-state index in [0.29, 0.717) is 29.8 Å². The van der Waals surface area contributed by atoms with Crippen LogP contribution in [0.1, 0.15) is 69.5 Å². The summed E-state index contributed by atoms with van der Waals surface area (Å²) in [6.45, 7) is 10.8. The molecule has 1 amide bonds. The van der Waals surface area contributed by atoms with Crippen LogP contribution in [0.3, 0.4) is 0 Å². The van der Waals surface area contributed by atoms with E-state index in [4.69, 9.17) is 9.97 Å². The highest BCUT2D eigenvalue weighted by molar-refractivity contribution is 5.78. The predicted octanol–water partition coefficient (Wildman–Crippen LogP) is 3.70. The van der Waals surface area contributed by atoms with Crippen molar-refractivity contribution in [3.8, 4) is 0 Å². The summed E-state index contributed by atoms with van der Waals surface area (Å²) in [5.74, 6) is 3.61. The quantitative estimate of drug-likeness (QED) is 0.756. The molecule has 0 spiro atoms. The summed E-state index contributed by atoms with van der Waals surface area (Å²) in [6.07, 6.45) is 9.03. The van der Waals surface area contributed by atoms with E-state index in [1.807, 2.05) is 0 Å². The van der Waals surface area contributed by atoms with Gasteiger partial charge in [0, 0.05) is 55.9 Å². The Labute approximate surface area is 181 Å². The van der Waals surface area contributed by atoms with Crippen molar-refractivity contribution in [1.82, 2.24) is 14.9 Å². The summed E-state index contributed by atoms with van der Waals surface area (Å²) in [6, 6.07) is 0.844. The van der Waals surface area contributed by atoms with Crippen molar-refractivity contribution in [2.24, 2.45) is 11.8 Å². The van der Waals surface area contributed by atoms with E-state index in [1.165, 1.54) is 31.2 Å². The Kier molecular flexibility index (Phi) is 5.36. The van der Waals surface area contributed by atoms with Crippen LogP contribution < -0.4 is 9.80 Å². The Hall–Kier alpha value is -1.85. The molecule has 4 fully saturated rings. The highest BCUT2D eigenvalue weighted by Crippen LogP contribution is 2.44. The number of hydrogen-bond acceptors (Lipinski definition) is 5. The molecule has 0 saturated carbocycles. The molecule has 6 nitrogen and oxygen atoms in total. The molecule has 1 aromatic heterocycles. The molecule has 4 saturated heterocycles. The number of rotatable bonds is 4. The minimum Gasteiger partial charge on any atom is -0.356 e.